The zero-order valence-electron chi connectivity index (χ0n) is 21.9. The van der Waals surface area contributed by atoms with Crippen molar-refractivity contribution in [3.63, 3.8) is 0 Å². The van der Waals surface area contributed by atoms with Crippen molar-refractivity contribution < 1.29 is 9.53 Å². The monoisotopic (exact) mass is 480 g/mol. The Balaban J connectivity index is 1.66. The summed E-state index contributed by atoms with van der Waals surface area (Å²) in [5, 5.41) is 3.00. The summed E-state index contributed by atoms with van der Waals surface area (Å²) in [6.07, 6.45) is 3.27. The molecule has 0 radical (unpaired) electrons. The quantitative estimate of drug-likeness (QED) is 0.384. The van der Waals surface area contributed by atoms with Gasteiger partial charge >= 0.3 is 6.09 Å². The number of anilines is 2. The van der Waals surface area contributed by atoms with Gasteiger partial charge in [0.2, 0.25) is 0 Å². The van der Waals surface area contributed by atoms with Crippen molar-refractivity contribution in [3.8, 4) is 0 Å². The Morgan fingerprint density at radius 1 is 0.889 bits per heavy atom. The van der Waals surface area contributed by atoms with Crippen LogP contribution in [0.4, 0.5) is 16.2 Å². The van der Waals surface area contributed by atoms with E-state index >= 15 is 0 Å². The zero-order chi connectivity index (χ0) is 25.4. The molecule has 2 atom stereocenters. The Bertz CT molecular complexity index is 1240. The van der Waals surface area contributed by atoms with Crippen molar-refractivity contribution in [1.82, 2.24) is 0 Å². The van der Waals surface area contributed by atoms with Crippen LogP contribution in [-0.4, -0.2) is 25.8 Å². The molecule has 1 N–H and O–H groups in total. The maximum atomic E-state index is 12.5. The molecule has 0 saturated heterocycles. The third kappa shape index (κ3) is 4.53. The molecule has 2 unspecified atom stereocenters. The Morgan fingerprint density at radius 2 is 1.42 bits per heavy atom. The van der Waals surface area contributed by atoms with E-state index in [1.807, 2.05) is 0 Å². The van der Waals surface area contributed by atoms with Crippen LogP contribution < -0.4 is 10.2 Å². The van der Waals surface area contributed by atoms with Crippen molar-refractivity contribution >= 4 is 17.5 Å². The summed E-state index contributed by atoms with van der Waals surface area (Å²) >= 11 is 0. The first-order chi connectivity index (χ1) is 17.4. The number of nitrogens with zero attached hydrogens (tertiary/aromatic N) is 1. The van der Waals surface area contributed by atoms with E-state index in [1.165, 1.54) is 50.2 Å². The third-order valence-electron chi connectivity index (χ3n) is 7.79. The molecule has 0 aromatic heterocycles. The third-order valence-corrected chi connectivity index (χ3v) is 7.79. The number of ether oxygens (including phenoxy) is 1. The highest BCUT2D eigenvalue weighted by Gasteiger charge is 2.36. The highest BCUT2D eigenvalue weighted by molar-refractivity contribution is 5.86. The number of aryl methyl sites for hydroxylation is 4. The lowest BCUT2D eigenvalue weighted by Gasteiger charge is -2.43. The summed E-state index contributed by atoms with van der Waals surface area (Å²) < 4.78 is 5.26. The first kappa shape index (κ1) is 24.2. The Hall–Kier alpha value is -3.53. The topological polar surface area (TPSA) is 41.6 Å². The van der Waals surface area contributed by atoms with E-state index in [1.54, 1.807) is 6.08 Å². The highest BCUT2D eigenvalue weighted by atomic mass is 16.5. The van der Waals surface area contributed by atoms with Gasteiger partial charge in [-0.25, -0.2) is 4.79 Å². The summed E-state index contributed by atoms with van der Waals surface area (Å²) in [7, 11) is 0. The van der Waals surface area contributed by atoms with Crippen LogP contribution in [0.5, 0.6) is 0 Å². The van der Waals surface area contributed by atoms with Crippen molar-refractivity contribution in [2.75, 3.05) is 29.9 Å². The van der Waals surface area contributed by atoms with Gasteiger partial charge in [0.15, 0.2) is 0 Å². The minimum Gasteiger partial charge on any atom is -0.445 e. The molecule has 5 rings (SSSR count). The minimum atomic E-state index is -0.448. The van der Waals surface area contributed by atoms with Crippen LogP contribution in [0.1, 0.15) is 69.2 Å². The summed E-state index contributed by atoms with van der Waals surface area (Å²) in [5.41, 5.74) is 12.7. The fourth-order valence-electron chi connectivity index (χ4n) is 6.23. The highest BCUT2D eigenvalue weighted by Crippen LogP contribution is 2.50. The van der Waals surface area contributed by atoms with E-state index in [2.05, 4.69) is 93.0 Å². The average Bonchev–Trinajstić information content (AvgIpc) is 2.84. The van der Waals surface area contributed by atoms with Gasteiger partial charge in [-0.3, -0.25) is 5.32 Å². The number of benzene rings is 3. The Labute approximate surface area is 215 Å². The van der Waals surface area contributed by atoms with Gasteiger partial charge in [-0.05, 0) is 86.1 Å². The van der Waals surface area contributed by atoms with E-state index in [0.29, 0.717) is 11.8 Å². The standard InChI is InChI=1S/C32H36N2O2/c1-6-15-36-32(35)33-24-18-29-27(25-9-7-20(2)16-22(25)4)11-13-34-14-12-28(30(19-24)31(29)34)26-10-8-21(3)17-23(26)5/h6-10,16-19,27-28H,1,11-15H2,2-5H3,(H,33,35). The van der Waals surface area contributed by atoms with Gasteiger partial charge in [-0.15, -0.1) is 0 Å². The van der Waals surface area contributed by atoms with E-state index in [-0.39, 0.29) is 6.61 Å². The van der Waals surface area contributed by atoms with Gasteiger partial charge in [-0.1, -0.05) is 60.2 Å². The molecule has 4 heteroatoms. The average molecular weight is 481 g/mol. The summed E-state index contributed by atoms with van der Waals surface area (Å²) in [4.78, 5) is 15.1. The molecule has 0 spiro atoms. The molecule has 3 aromatic carbocycles. The summed E-state index contributed by atoms with van der Waals surface area (Å²) in [6, 6.07) is 17.9. The van der Waals surface area contributed by atoms with Crippen molar-refractivity contribution in [2.24, 2.45) is 0 Å². The molecular formula is C32H36N2O2. The van der Waals surface area contributed by atoms with E-state index in [0.717, 1.165) is 31.6 Å². The van der Waals surface area contributed by atoms with Gasteiger partial charge in [0.05, 0.1) is 0 Å². The second-order valence-corrected chi connectivity index (χ2v) is 10.4. The number of amides is 1. The van der Waals surface area contributed by atoms with Crippen LogP contribution in [0.25, 0.3) is 0 Å². The number of hydrogen-bond acceptors (Lipinski definition) is 3. The lowest BCUT2D eigenvalue weighted by Crippen LogP contribution is -2.38. The molecule has 0 saturated carbocycles. The fraction of sp³-hybridized carbons (Fsp3) is 0.344. The zero-order valence-corrected chi connectivity index (χ0v) is 21.9. The maximum Gasteiger partial charge on any atom is 0.411 e. The SMILES string of the molecule is C=CCOC(=O)Nc1cc2c3c(c1)C(c1ccc(C)cc1C)CCN3CCC2c1ccc(C)cc1C. The molecule has 2 aliphatic rings. The van der Waals surface area contributed by atoms with Crippen LogP contribution in [0, 0.1) is 27.7 Å². The molecule has 4 nitrogen and oxygen atoms in total. The number of rotatable bonds is 5. The molecule has 0 aliphatic carbocycles. The van der Waals surface area contributed by atoms with Crippen LogP contribution in [-0.2, 0) is 4.74 Å². The van der Waals surface area contributed by atoms with E-state index in [4.69, 9.17) is 4.74 Å². The normalized spacial score (nSPS) is 18.4. The molecule has 0 fully saturated rings. The molecule has 3 aromatic rings. The number of hydrogen-bond donors (Lipinski definition) is 1. The Kier molecular flexibility index (Phi) is 6.61. The molecule has 36 heavy (non-hydrogen) atoms. The lowest BCUT2D eigenvalue weighted by molar-refractivity contribution is 0.174. The van der Waals surface area contributed by atoms with Gasteiger partial charge in [0, 0.05) is 36.3 Å². The fourth-order valence-corrected chi connectivity index (χ4v) is 6.23. The first-order valence-electron chi connectivity index (χ1n) is 13.0. The van der Waals surface area contributed by atoms with Crippen LogP contribution >= 0.6 is 0 Å². The molecule has 1 amide bonds. The molecule has 2 aliphatic heterocycles. The first-order valence-corrected chi connectivity index (χ1v) is 13.0. The predicted molar refractivity (Wildman–Crippen MR) is 149 cm³/mol. The van der Waals surface area contributed by atoms with Crippen molar-refractivity contribution in [2.45, 2.75) is 52.4 Å². The lowest BCUT2D eigenvalue weighted by atomic mass is 9.75. The second kappa shape index (κ2) is 9.85. The van der Waals surface area contributed by atoms with Crippen LogP contribution in [0.3, 0.4) is 0 Å². The molecular weight excluding hydrogens is 444 g/mol. The molecule has 186 valence electrons. The van der Waals surface area contributed by atoms with Crippen LogP contribution in [0.2, 0.25) is 0 Å². The smallest absolute Gasteiger partial charge is 0.411 e. The minimum absolute atomic E-state index is 0.188. The van der Waals surface area contributed by atoms with Gasteiger partial charge in [-0.2, -0.15) is 0 Å². The largest absolute Gasteiger partial charge is 0.445 e. The van der Waals surface area contributed by atoms with Crippen molar-refractivity contribution in [1.29, 1.82) is 0 Å². The number of carbonyl (C=O) groups is 1. The predicted octanol–water partition coefficient (Wildman–Crippen LogP) is 7.53. The second-order valence-electron chi connectivity index (χ2n) is 10.4. The van der Waals surface area contributed by atoms with Crippen molar-refractivity contribution in [3.05, 3.63) is 106 Å². The molecule has 0 bridgehead atoms. The van der Waals surface area contributed by atoms with E-state index in [9.17, 15) is 4.79 Å². The maximum absolute atomic E-state index is 12.5. The number of nitrogens with one attached hydrogen (secondary N) is 1. The number of carbonyl (C=O) groups excluding carboxylic acids is 1. The van der Waals surface area contributed by atoms with E-state index < -0.39 is 6.09 Å². The summed E-state index contributed by atoms with van der Waals surface area (Å²) in [5.74, 6) is 0.582. The molecule has 2 heterocycles. The van der Waals surface area contributed by atoms with Crippen LogP contribution in [0.15, 0.2) is 61.2 Å². The Morgan fingerprint density at radius 3 is 1.89 bits per heavy atom. The van der Waals surface area contributed by atoms with Gasteiger partial charge in [0.25, 0.3) is 0 Å². The van der Waals surface area contributed by atoms with Gasteiger partial charge in [0.1, 0.15) is 6.61 Å². The van der Waals surface area contributed by atoms with Gasteiger partial charge < -0.3 is 9.64 Å². The summed E-state index contributed by atoms with van der Waals surface area (Å²) in [6.45, 7) is 14.7.